The largest absolute Gasteiger partial charge is 0.478 e. The van der Waals surface area contributed by atoms with Gasteiger partial charge in [0.2, 0.25) is 0 Å². The Balaban J connectivity index is 1.86. The summed E-state index contributed by atoms with van der Waals surface area (Å²) in [6, 6.07) is 14.1. The standard InChI is InChI=1S/C22H19N3O5/c1-13-6-7-14(2)25(13)19-11-16(8-9-18(19)22(29)30)20(26)24-23-12-15-4-3-5-17(10-15)21(27)28/h3-12H,1-2H3,(H,24,26)(H,27,28)(H,29,30)/b23-12+. The highest BCUT2D eigenvalue weighted by Gasteiger charge is 2.17. The van der Waals surface area contributed by atoms with E-state index in [2.05, 4.69) is 10.5 Å². The Bertz CT molecular complexity index is 1160. The van der Waals surface area contributed by atoms with Gasteiger partial charge >= 0.3 is 11.9 Å². The van der Waals surface area contributed by atoms with E-state index in [0.29, 0.717) is 11.3 Å². The number of aryl methyl sites for hydroxylation is 2. The lowest BCUT2D eigenvalue weighted by Crippen LogP contribution is -2.19. The third-order valence-electron chi connectivity index (χ3n) is 4.52. The summed E-state index contributed by atoms with van der Waals surface area (Å²) in [4.78, 5) is 35.2. The number of hydrogen-bond acceptors (Lipinski definition) is 4. The Morgan fingerprint density at radius 2 is 1.60 bits per heavy atom. The fraction of sp³-hybridized carbons (Fsp3) is 0.0909. The van der Waals surface area contributed by atoms with E-state index in [1.54, 1.807) is 16.7 Å². The lowest BCUT2D eigenvalue weighted by atomic mass is 10.1. The number of hydrazone groups is 1. The van der Waals surface area contributed by atoms with Gasteiger partial charge in [-0.1, -0.05) is 12.1 Å². The molecule has 3 N–H and O–H groups in total. The van der Waals surface area contributed by atoms with E-state index in [1.807, 2.05) is 26.0 Å². The molecule has 0 saturated carbocycles. The predicted molar refractivity (Wildman–Crippen MR) is 111 cm³/mol. The highest BCUT2D eigenvalue weighted by molar-refractivity contribution is 5.99. The van der Waals surface area contributed by atoms with Crippen molar-refractivity contribution in [3.8, 4) is 5.69 Å². The molecule has 0 unspecified atom stereocenters. The lowest BCUT2D eigenvalue weighted by molar-refractivity contribution is 0.0686. The summed E-state index contributed by atoms with van der Waals surface area (Å²) in [7, 11) is 0. The zero-order valence-corrected chi connectivity index (χ0v) is 16.3. The molecule has 8 nitrogen and oxygen atoms in total. The lowest BCUT2D eigenvalue weighted by Gasteiger charge is -2.14. The fourth-order valence-electron chi connectivity index (χ4n) is 3.07. The van der Waals surface area contributed by atoms with Crippen LogP contribution in [-0.4, -0.2) is 38.8 Å². The van der Waals surface area contributed by atoms with Gasteiger partial charge in [0.1, 0.15) is 0 Å². The van der Waals surface area contributed by atoms with Gasteiger partial charge in [-0.15, -0.1) is 0 Å². The van der Waals surface area contributed by atoms with Crippen molar-refractivity contribution in [2.45, 2.75) is 13.8 Å². The van der Waals surface area contributed by atoms with Gasteiger partial charge in [-0.2, -0.15) is 5.10 Å². The number of nitrogens with zero attached hydrogens (tertiary/aromatic N) is 2. The first-order valence-electron chi connectivity index (χ1n) is 8.97. The minimum absolute atomic E-state index is 0.0722. The molecule has 0 aliphatic rings. The van der Waals surface area contributed by atoms with Crippen LogP contribution in [0, 0.1) is 13.8 Å². The van der Waals surface area contributed by atoms with Gasteiger partial charge in [-0.05, 0) is 61.9 Å². The first-order chi connectivity index (χ1) is 14.3. The van der Waals surface area contributed by atoms with Gasteiger partial charge in [0.15, 0.2) is 0 Å². The molecule has 1 heterocycles. The van der Waals surface area contributed by atoms with Crippen LogP contribution in [-0.2, 0) is 0 Å². The quantitative estimate of drug-likeness (QED) is 0.429. The molecular formula is C22H19N3O5. The van der Waals surface area contributed by atoms with Crippen molar-refractivity contribution < 1.29 is 24.6 Å². The molecule has 1 amide bonds. The molecule has 0 fully saturated rings. The molecule has 3 rings (SSSR count). The maximum atomic E-state index is 12.5. The topological polar surface area (TPSA) is 121 Å². The monoisotopic (exact) mass is 405 g/mol. The van der Waals surface area contributed by atoms with Crippen LogP contribution in [0.5, 0.6) is 0 Å². The van der Waals surface area contributed by atoms with E-state index >= 15 is 0 Å². The minimum Gasteiger partial charge on any atom is -0.478 e. The van der Waals surface area contributed by atoms with Crippen molar-refractivity contribution in [3.05, 3.63) is 88.2 Å². The molecule has 30 heavy (non-hydrogen) atoms. The number of rotatable bonds is 6. The highest BCUT2D eigenvalue weighted by Crippen LogP contribution is 2.22. The van der Waals surface area contributed by atoms with Crippen LogP contribution in [0.1, 0.15) is 48.0 Å². The molecular weight excluding hydrogens is 386 g/mol. The molecule has 8 heteroatoms. The van der Waals surface area contributed by atoms with Gasteiger partial charge in [-0.3, -0.25) is 4.79 Å². The second-order valence-corrected chi connectivity index (χ2v) is 6.62. The Morgan fingerprint density at radius 1 is 0.900 bits per heavy atom. The molecule has 0 aliphatic heterocycles. The molecule has 3 aromatic rings. The van der Waals surface area contributed by atoms with Crippen molar-refractivity contribution in [2.75, 3.05) is 0 Å². The molecule has 0 bridgehead atoms. The number of carbonyl (C=O) groups excluding carboxylic acids is 1. The normalized spacial score (nSPS) is 10.9. The van der Waals surface area contributed by atoms with Crippen LogP contribution >= 0.6 is 0 Å². The molecule has 0 atom stereocenters. The first kappa shape index (κ1) is 20.5. The van der Waals surface area contributed by atoms with Crippen LogP contribution < -0.4 is 5.43 Å². The van der Waals surface area contributed by atoms with Crippen LogP contribution in [0.25, 0.3) is 5.69 Å². The summed E-state index contributed by atoms with van der Waals surface area (Å²) in [6.07, 6.45) is 1.33. The number of amides is 1. The summed E-state index contributed by atoms with van der Waals surface area (Å²) in [5.41, 5.74) is 5.35. The van der Waals surface area contributed by atoms with E-state index in [-0.39, 0.29) is 16.7 Å². The SMILES string of the molecule is Cc1ccc(C)n1-c1cc(C(=O)N/N=C/c2cccc(C(=O)O)c2)ccc1C(=O)O. The Labute approximate surface area is 172 Å². The molecule has 1 aromatic heterocycles. The number of hydrogen-bond donors (Lipinski definition) is 3. The van der Waals surface area contributed by atoms with Gasteiger partial charge in [0.05, 0.1) is 23.0 Å². The number of aromatic nitrogens is 1. The summed E-state index contributed by atoms with van der Waals surface area (Å²) in [6.45, 7) is 3.70. The fourth-order valence-corrected chi connectivity index (χ4v) is 3.07. The number of carboxylic acids is 2. The highest BCUT2D eigenvalue weighted by atomic mass is 16.4. The number of carbonyl (C=O) groups is 3. The maximum Gasteiger partial charge on any atom is 0.337 e. The van der Waals surface area contributed by atoms with Gasteiger partial charge in [0.25, 0.3) is 5.91 Å². The van der Waals surface area contributed by atoms with Crippen molar-refractivity contribution >= 4 is 24.1 Å². The minimum atomic E-state index is -1.10. The zero-order chi connectivity index (χ0) is 21.8. The van der Waals surface area contributed by atoms with E-state index < -0.39 is 17.8 Å². The van der Waals surface area contributed by atoms with E-state index in [9.17, 15) is 19.5 Å². The van der Waals surface area contributed by atoms with E-state index in [0.717, 1.165) is 11.4 Å². The van der Waals surface area contributed by atoms with E-state index in [1.165, 1.54) is 36.5 Å². The molecule has 0 saturated heterocycles. The Hall–Kier alpha value is -4.20. The van der Waals surface area contributed by atoms with Gasteiger partial charge in [-0.25, -0.2) is 15.0 Å². The number of benzene rings is 2. The predicted octanol–water partition coefficient (Wildman–Crippen LogP) is 3.25. The van der Waals surface area contributed by atoms with Crippen molar-refractivity contribution in [1.29, 1.82) is 0 Å². The average Bonchev–Trinajstić information content (AvgIpc) is 3.05. The molecule has 0 aliphatic carbocycles. The summed E-state index contributed by atoms with van der Waals surface area (Å²) in [5.74, 6) is -2.68. The van der Waals surface area contributed by atoms with Crippen molar-refractivity contribution in [2.24, 2.45) is 5.10 Å². The molecule has 152 valence electrons. The second-order valence-electron chi connectivity index (χ2n) is 6.62. The summed E-state index contributed by atoms with van der Waals surface area (Å²) in [5, 5.41) is 22.4. The van der Waals surface area contributed by atoms with Crippen molar-refractivity contribution in [3.63, 3.8) is 0 Å². The van der Waals surface area contributed by atoms with Gasteiger partial charge in [0, 0.05) is 17.0 Å². The zero-order valence-electron chi connectivity index (χ0n) is 16.3. The second kappa shape index (κ2) is 8.44. The van der Waals surface area contributed by atoms with Crippen LogP contribution in [0.4, 0.5) is 0 Å². The van der Waals surface area contributed by atoms with Crippen LogP contribution in [0.2, 0.25) is 0 Å². The van der Waals surface area contributed by atoms with Crippen LogP contribution in [0.15, 0.2) is 59.7 Å². The molecule has 2 aromatic carbocycles. The third kappa shape index (κ3) is 4.27. The number of nitrogens with one attached hydrogen (secondary N) is 1. The average molecular weight is 405 g/mol. The van der Waals surface area contributed by atoms with Crippen molar-refractivity contribution in [1.82, 2.24) is 9.99 Å². The molecule has 0 radical (unpaired) electrons. The summed E-state index contributed by atoms with van der Waals surface area (Å²) >= 11 is 0. The third-order valence-corrected chi connectivity index (χ3v) is 4.52. The Morgan fingerprint density at radius 3 is 2.23 bits per heavy atom. The Kier molecular flexibility index (Phi) is 5.78. The first-order valence-corrected chi connectivity index (χ1v) is 8.97. The van der Waals surface area contributed by atoms with Crippen LogP contribution in [0.3, 0.4) is 0 Å². The van der Waals surface area contributed by atoms with E-state index in [4.69, 9.17) is 5.11 Å². The maximum absolute atomic E-state index is 12.5. The number of aromatic carboxylic acids is 2. The molecule has 0 spiro atoms. The number of carboxylic acid groups (broad SMARTS) is 2. The van der Waals surface area contributed by atoms with Gasteiger partial charge < -0.3 is 14.8 Å². The summed E-state index contributed by atoms with van der Waals surface area (Å²) < 4.78 is 1.76. The smallest absolute Gasteiger partial charge is 0.337 e.